The summed E-state index contributed by atoms with van der Waals surface area (Å²) in [7, 11) is 0. The molecule has 0 fully saturated rings. The third-order valence-corrected chi connectivity index (χ3v) is 4.24. The Morgan fingerprint density at radius 2 is 2.20 bits per heavy atom. The lowest BCUT2D eigenvalue weighted by Gasteiger charge is -2.04. The van der Waals surface area contributed by atoms with Gasteiger partial charge in [-0.05, 0) is 47.9 Å². The molecule has 110 valence electrons. The molecule has 1 heterocycles. The van der Waals surface area contributed by atoms with Gasteiger partial charge in [-0.1, -0.05) is 6.42 Å². The number of amides is 1. The van der Waals surface area contributed by atoms with Gasteiger partial charge in [0, 0.05) is 12.6 Å². The van der Waals surface area contributed by atoms with Gasteiger partial charge in [-0.25, -0.2) is 4.79 Å². The zero-order valence-electron chi connectivity index (χ0n) is 11.4. The molecule has 0 aromatic carbocycles. The van der Waals surface area contributed by atoms with E-state index in [0.29, 0.717) is 17.0 Å². The SMILES string of the molecule is CSCCCCCNC(=O)c1sccc1/C=C/C(=O)O. The van der Waals surface area contributed by atoms with Gasteiger partial charge < -0.3 is 10.4 Å². The maximum atomic E-state index is 12.0. The number of thiophene rings is 1. The highest BCUT2D eigenvalue weighted by molar-refractivity contribution is 7.98. The standard InChI is InChI=1S/C14H19NO3S2/c1-19-9-4-2-3-8-15-14(18)13-11(7-10-20-13)5-6-12(16)17/h5-7,10H,2-4,8-9H2,1H3,(H,15,18)(H,16,17)/b6-5+. The van der Waals surface area contributed by atoms with E-state index in [1.54, 1.807) is 11.4 Å². The van der Waals surface area contributed by atoms with Gasteiger partial charge in [0.05, 0.1) is 4.88 Å². The van der Waals surface area contributed by atoms with Gasteiger partial charge in [-0.2, -0.15) is 11.8 Å². The lowest BCUT2D eigenvalue weighted by Crippen LogP contribution is -2.24. The summed E-state index contributed by atoms with van der Waals surface area (Å²) in [5, 5.41) is 13.3. The molecule has 6 heteroatoms. The van der Waals surface area contributed by atoms with Crippen LogP contribution in [-0.2, 0) is 4.79 Å². The normalized spacial score (nSPS) is 10.8. The molecule has 0 aliphatic rings. The van der Waals surface area contributed by atoms with Gasteiger partial charge in [-0.15, -0.1) is 11.3 Å². The second kappa shape index (κ2) is 9.61. The minimum atomic E-state index is -1.02. The molecule has 0 saturated heterocycles. The smallest absolute Gasteiger partial charge is 0.328 e. The lowest BCUT2D eigenvalue weighted by atomic mass is 10.2. The fourth-order valence-corrected chi connectivity index (χ4v) is 2.92. The summed E-state index contributed by atoms with van der Waals surface area (Å²) in [6, 6.07) is 1.75. The van der Waals surface area contributed by atoms with Crippen LogP contribution in [0.25, 0.3) is 6.08 Å². The molecule has 0 aliphatic carbocycles. The first-order valence-corrected chi connectivity index (χ1v) is 8.68. The predicted molar refractivity (Wildman–Crippen MR) is 85.6 cm³/mol. The summed E-state index contributed by atoms with van der Waals surface area (Å²) in [6.45, 7) is 0.660. The van der Waals surface area contributed by atoms with Gasteiger partial charge >= 0.3 is 5.97 Å². The largest absolute Gasteiger partial charge is 0.478 e. The molecule has 4 nitrogen and oxygen atoms in total. The molecule has 1 aromatic heterocycles. The number of carboxylic acid groups (broad SMARTS) is 1. The Morgan fingerprint density at radius 3 is 2.90 bits per heavy atom. The topological polar surface area (TPSA) is 66.4 Å². The maximum Gasteiger partial charge on any atom is 0.328 e. The molecule has 0 spiro atoms. The molecule has 0 radical (unpaired) electrons. The fraction of sp³-hybridized carbons (Fsp3) is 0.429. The zero-order valence-corrected chi connectivity index (χ0v) is 13.1. The summed E-state index contributed by atoms with van der Waals surface area (Å²) in [6.07, 6.45) is 7.83. The molecule has 0 atom stereocenters. The number of aliphatic carboxylic acids is 1. The average Bonchev–Trinajstić information content (AvgIpc) is 2.88. The number of hydrogen-bond donors (Lipinski definition) is 2. The molecular weight excluding hydrogens is 294 g/mol. The number of nitrogens with one attached hydrogen (secondary N) is 1. The molecule has 1 aromatic rings. The van der Waals surface area contributed by atoms with E-state index in [0.717, 1.165) is 24.7 Å². The van der Waals surface area contributed by atoms with Crippen molar-refractivity contribution in [3.8, 4) is 0 Å². The maximum absolute atomic E-state index is 12.0. The van der Waals surface area contributed by atoms with Crippen molar-refractivity contribution in [1.82, 2.24) is 5.32 Å². The van der Waals surface area contributed by atoms with Crippen molar-refractivity contribution in [1.29, 1.82) is 0 Å². The number of carbonyl (C=O) groups is 2. The Labute approximate surface area is 127 Å². The van der Waals surface area contributed by atoms with E-state index in [-0.39, 0.29) is 5.91 Å². The first-order valence-electron chi connectivity index (χ1n) is 6.40. The molecule has 0 saturated carbocycles. The third kappa shape index (κ3) is 6.25. The van der Waals surface area contributed by atoms with Crippen LogP contribution < -0.4 is 5.32 Å². The first-order chi connectivity index (χ1) is 9.65. The number of thioether (sulfide) groups is 1. The highest BCUT2D eigenvalue weighted by atomic mass is 32.2. The van der Waals surface area contributed by atoms with Crippen LogP contribution in [-0.4, -0.2) is 35.5 Å². The molecule has 1 amide bonds. The van der Waals surface area contributed by atoms with Crippen molar-refractivity contribution in [3.63, 3.8) is 0 Å². The van der Waals surface area contributed by atoms with E-state index >= 15 is 0 Å². The monoisotopic (exact) mass is 313 g/mol. The van der Waals surface area contributed by atoms with Crippen LogP contribution in [0.2, 0.25) is 0 Å². The predicted octanol–water partition coefficient (Wildman–Crippen LogP) is 3.11. The van der Waals surface area contributed by atoms with Gasteiger partial charge in [0.15, 0.2) is 0 Å². The van der Waals surface area contributed by atoms with Gasteiger partial charge in [0.2, 0.25) is 0 Å². The summed E-state index contributed by atoms with van der Waals surface area (Å²) in [5.74, 6) is 0.00877. The van der Waals surface area contributed by atoms with E-state index in [2.05, 4.69) is 11.6 Å². The van der Waals surface area contributed by atoms with Crippen LogP contribution in [0, 0.1) is 0 Å². The number of carbonyl (C=O) groups excluding carboxylic acids is 1. The number of carboxylic acids is 1. The van der Waals surface area contributed by atoms with Crippen LogP contribution in [0.4, 0.5) is 0 Å². The molecule has 1 rings (SSSR count). The lowest BCUT2D eigenvalue weighted by molar-refractivity contribution is -0.131. The molecular formula is C14H19NO3S2. The highest BCUT2D eigenvalue weighted by Gasteiger charge is 2.10. The average molecular weight is 313 g/mol. The van der Waals surface area contributed by atoms with E-state index in [4.69, 9.17) is 5.11 Å². The third-order valence-electron chi connectivity index (χ3n) is 2.62. The van der Waals surface area contributed by atoms with Crippen LogP contribution in [0.1, 0.15) is 34.5 Å². The van der Waals surface area contributed by atoms with Crippen molar-refractivity contribution in [3.05, 3.63) is 28.0 Å². The Kier molecular flexibility index (Phi) is 8.06. The van der Waals surface area contributed by atoms with Gasteiger partial charge in [0.1, 0.15) is 0 Å². The van der Waals surface area contributed by atoms with Gasteiger partial charge in [-0.3, -0.25) is 4.79 Å². The Hall–Kier alpha value is -1.27. The molecule has 0 aliphatic heterocycles. The number of unbranched alkanes of at least 4 members (excludes halogenated alkanes) is 2. The minimum Gasteiger partial charge on any atom is -0.478 e. The molecule has 0 unspecified atom stereocenters. The molecule has 2 N–H and O–H groups in total. The molecule has 20 heavy (non-hydrogen) atoms. The van der Waals surface area contributed by atoms with Crippen molar-refractivity contribution >= 4 is 41.1 Å². The number of rotatable bonds is 9. The van der Waals surface area contributed by atoms with Crippen LogP contribution in [0.3, 0.4) is 0 Å². The van der Waals surface area contributed by atoms with Crippen molar-refractivity contribution in [2.24, 2.45) is 0 Å². The Morgan fingerprint density at radius 1 is 1.40 bits per heavy atom. The number of hydrogen-bond acceptors (Lipinski definition) is 4. The second-order valence-corrected chi connectivity index (χ2v) is 6.09. The van der Waals surface area contributed by atoms with Crippen LogP contribution in [0.15, 0.2) is 17.5 Å². The van der Waals surface area contributed by atoms with E-state index < -0.39 is 5.97 Å². The Balaban J connectivity index is 2.40. The summed E-state index contributed by atoms with van der Waals surface area (Å²) in [5.41, 5.74) is 0.650. The fourth-order valence-electron chi connectivity index (χ4n) is 1.63. The molecule has 0 bridgehead atoms. The van der Waals surface area contributed by atoms with Crippen molar-refractivity contribution in [2.45, 2.75) is 19.3 Å². The quantitative estimate of drug-likeness (QED) is 0.543. The van der Waals surface area contributed by atoms with E-state index in [1.807, 2.05) is 11.8 Å². The summed E-state index contributed by atoms with van der Waals surface area (Å²) < 4.78 is 0. The zero-order chi connectivity index (χ0) is 14.8. The van der Waals surface area contributed by atoms with Crippen molar-refractivity contribution < 1.29 is 14.7 Å². The highest BCUT2D eigenvalue weighted by Crippen LogP contribution is 2.18. The summed E-state index contributed by atoms with van der Waals surface area (Å²) >= 11 is 3.15. The summed E-state index contributed by atoms with van der Waals surface area (Å²) in [4.78, 5) is 23.0. The minimum absolute atomic E-state index is 0.130. The second-order valence-electron chi connectivity index (χ2n) is 4.19. The van der Waals surface area contributed by atoms with Gasteiger partial charge in [0.25, 0.3) is 5.91 Å². The van der Waals surface area contributed by atoms with Crippen LogP contribution >= 0.6 is 23.1 Å². The van der Waals surface area contributed by atoms with E-state index in [1.165, 1.54) is 23.8 Å². The van der Waals surface area contributed by atoms with E-state index in [9.17, 15) is 9.59 Å². The van der Waals surface area contributed by atoms with Crippen LogP contribution in [0.5, 0.6) is 0 Å². The Bertz CT molecular complexity index is 469. The van der Waals surface area contributed by atoms with Crippen molar-refractivity contribution in [2.75, 3.05) is 18.6 Å². The first kappa shape index (κ1) is 16.8.